The largest absolute Gasteiger partial charge is 0.466 e. The predicted octanol–water partition coefficient (Wildman–Crippen LogP) is 5.54. The van der Waals surface area contributed by atoms with Gasteiger partial charge in [0.2, 0.25) is 10.0 Å². The molecule has 1 heterocycles. The third-order valence-electron chi connectivity index (χ3n) is 5.30. The van der Waals surface area contributed by atoms with Gasteiger partial charge in [-0.2, -0.15) is 4.31 Å². The van der Waals surface area contributed by atoms with E-state index < -0.39 is 33.5 Å². The topological polar surface area (TPSA) is 63.7 Å². The van der Waals surface area contributed by atoms with Crippen LogP contribution in [-0.2, 0) is 19.6 Å². The highest BCUT2D eigenvalue weighted by Gasteiger charge is 2.50. The number of carbonyl (C=O) groups is 1. The van der Waals surface area contributed by atoms with Crippen molar-refractivity contribution in [2.24, 2.45) is 5.41 Å². The van der Waals surface area contributed by atoms with Gasteiger partial charge in [-0.25, -0.2) is 13.2 Å². The summed E-state index contributed by atoms with van der Waals surface area (Å²) in [7, 11) is -2.64. The highest BCUT2D eigenvalue weighted by Crippen LogP contribution is 2.46. The summed E-state index contributed by atoms with van der Waals surface area (Å²) in [6.45, 7) is 7.62. The Bertz CT molecular complexity index is 1090. The van der Waals surface area contributed by atoms with Gasteiger partial charge in [-0.05, 0) is 41.7 Å². The Labute approximate surface area is 190 Å². The van der Waals surface area contributed by atoms with Gasteiger partial charge in [-0.1, -0.05) is 76.2 Å². The van der Waals surface area contributed by atoms with Crippen molar-refractivity contribution < 1.29 is 17.9 Å². The number of carbonyl (C=O) groups excluding carboxylic acids is 1. The Balaban J connectivity index is 0.00000341. The standard InChI is InChI=1S/C23H26ClNO4S.CH4/c1-15-8-6-7-9-19(15)30(27,28)25-20(23(2,3)4)14-18(22(26)29-5)21(25)16-10-12-17(24)13-11-16;/h6-14,20-21H,1-5H3;1H4/t20-,21-;/m0./s1. The zero-order valence-electron chi connectivity index (χ0n) is 17.7. The van der Waals surface area contributed by atoms with Crippen molar-refractivity contribution in [3.63, 3.8) is 0 Å². The second kappa shape index (κ2) is 9.15. The van der Waals surface area contributed by atoms with E-state index >= 15 is 0 Å². The quantitative estimate of drug-likeness (QED) is 0.558. The molecule has 0 aromatic heterocycles. The minimum atomic E-state index is -3.94. The Morgan fingerprint density at radius 3 is 2.16 bits per heavy atom. The fourth-order valence-electron chi connectivity index (χ4n) is 3.78. The maximum atomic E-state index is 13.9. The van der Waals surface area contributed by atoms with Crippen LogP contribution < -0.4 is 0 Å². The number of nitrogens with zero attached hydrogens (tertiary/aromatic N) is 1. The molecule has 0 fully saturated rings. The number of rotatable bonds is 4. The van der Waals surface area contributed by atoms with Gasteiger partial charge in [-0.15, -0.1) is 0 Å². The van der Waals surface area contributed by atoms with Gasteiger partial charge in [0.1, 0.15) is 0 Å². The summed E-state index contributed by atoms with van der Waals surface area (Å²) < 4.78 is 34.3. The highest BCUT2D eigenvalue weighted by atomic mass is 35.5. The SMILES string of the molecule is C.COC(=O)C1=C[C@@H](C(C)(C)C)N(S(=O)(=O)c2ccccc2C)[C@H]1c1ccc(Cl)cc1. The molecule has 3 rings (SSSR count). The van der Waals surface area contributed by atoms with Crippen LogP contribution in [0.5, 0.6) is 0 Å². The minimum absolute atomic E-state index is 0. The van der Waals surface area contributed by atoms with Crippen LogP contribution >= 0.6 is 11.6 Å². The van der Waals surface area contributed by atoms with Crippen LogP contribution in [0.15, 0.2) is 65.1 Å². The first-order valence-electron chi connectivity index (χ1n) is 9.63. The third kappa shape index (κ3) is 4.71. The second-order valence-corrected chi connectivity index (χ2v) is 10.7. The number of esters is 1. The fraction of sp³-hybridized carbons (Fsp3) is 0.375. The zero-order valence-corrected chi connectivity index (χ0v) is 19.3. The molecule has 2 atom stereocenters. The molecule has 2 aromatic rings. The minimum Gasteiger partial charge on any atom is -0.466 e. The molecule has 0 radical (unpaired) electrons. The smallest absolute Gasteiger partial charge is 0.335 e. The molecule has 0 bridgehead atoms. The summed E-state index contributed by atoms with van der Waals surface area (Å²) in [5, 5.41) is 0.529. The van der Waals surface area contributed by atoms with Crippen LogP contribution in [0.2, 0.25) is 5.02 Å². The molecule has 31 heavy (non-hydrogen) atoms. The van der Waals surface area contributed by atoms with E-state index in [4.69, 9.17) is 16.3 Å². The van der Waals surface area contributed by atoms with Gasteiger partial charge in [0.25, 0.3) is 0 Å². The van der Waals surface area contributed by atoms with Crippen molar-refractivity contribution in [1.82, 2.24) is 4.31 Å². The number of hydrogen-bond donors (Lipinski definition) is 0. The van der Waals surface area contributed by atoms with E-state index in [0.29, 0.717) is 21.7 Å². The van der Waals surface area contributed by atoms with E-state index in [1.54, 1.807) is 61.5 Å². The number of halogens is 1. The lowest BCUT2D eigenvalue weighted by Gasteiger charge is -2.37. The third-order valence-corrected chi connectivity index (χ3v) is 7.56. The van der Waals surface area contributed by atoms with Crippen LogP contribution in [0, 0.1) is 12.3 Å². The molecule has 7 heteroatoms. The van der Waals surface area contributed by atoms with Gasteiger partial charge in [-0.3, -0.25) is 0 Å². The first-order chi connectivity index (χ1) is 14.0. The molecule has 1 aliphatic rings. The number of hydrogen-bond acceptors (Lipinski definition) is 4. The van der Waals surface area contributed by atoms with Crippen molar-refractivity contribution >= 4 is 27.6 Å². The second-order valence-electron chi connectivity index (χ2n) is 8.48. The van der Waals surface area contributed by atoms with Crippen molar-refractivity contribution in [3.8, 4) is 0 Å². The number of benzene rings is 2. The van der Waals surface area contributed by atoms with Gasteiger partial charge >= 0.3 is 5.97 Å². The summed E-state index contributed by atoms with van der Waals surface area (Å²) in [6.07, 6.45) is 1.72. The average molecular weight is 464 g/mol. The Hall–Kier alpha value is -2.15. The zero-order chi connectivity index (χ0) is 22.3. The number of ether oxygens (including phenoxy) is 1. The Kier molecular flexibility index (Phi) is 7.41. The summed E-state index contributed by atoms with van der Waals surface area (Å²) in [6, 6.07) is 12.4. The molecule has 0 amide bonds. The lowest BCUT2D eigenvalue weighted by molar-refractivity contribution is -0.136. The first kappa shape index (κ1) is 25.1. The highest BCUT2D eigenvalue weighted by molar-refractivity contribution is 7.89. The molecule has 168 valence electrons. The maximum Gasteiger partial charge on any atom is 0.335 e. The molecule has 0 aliphatic carbocycles. The summed E-state index contributed by atoms with van der Waals surface area (Å²) in [5.41, 5.74) is 1.14. The van der Waals surface area contributed by atoms with E-state index in [-0.39, 0.29) is 12.3 Å². The number of sulfonamides is 1. The molecule has 0 N–H and O–H groups in total. The van der Waals surface area contributed by atoms with E-state index in [1.807, 2.05) is 20.8 Å². The first-order valence-corrected chi connectivity index (χ1v) is 11.4. The number of methoxy groups -OCH3 is 1. The van der Waals surface area contributed by atoms with Gasteiger partial charge in [0.05, 0.1) is 23.6 Å². The monoisotopic (exact) mass is 463 g/mol. The van der Waals surface area contributed by atoms with Crippen molar-refractivity contribution in [1.29, 1.82) is 0 Å². The van der Waals surface area contributed by atoms with E-state index in [9.17, 15) is 13.2 Å². The molecule has 0 saturated heterocycles. The van der Waals surface area contributed by atoms with Gasteiger partial charge < -0.3 is 4.74 Å². The van der Waals surface area contributed by atoms with Crippen LogP contribution in [0.1, 0.15) is 45.4 Å². The molecule has 0 saturated carbocycles. The fourth-order valence-corrected chi connectivity index (χ4v) is 6.05. The van der Waals surface area contributed by atoms with E-state index in [0.717, 1.165) is 0 Å². The van der Waals surface area contributed by atoms with Crippen LogP contribution in [0.25, 0.3) is 0 Å². The lowest BCUT2D eigenvalue weighted by atomic mass is 9.87. The van der Waals surface area contributed by atoms with Crippen LogP contribution in [-0.4, -0.2) is 31.8 Å². The lowest BCUT2D eigenvalue weighted by Crippen LogP contribution is -2.45. The predicted molar refractivity (Wildman–Crippen MR) is 124 cm³/mol. The molecule has 0 unspecified atom stereocenters. The van der Waals surface area contributed by atoms with Crippen molar-refractivity contribution in [2.45, 2.75) is 52.1 Å². The average Bonchev–Trinajstić information content (AvgIpc) is 3.10. The number of aryl methyl sites for hydroxylation is 1. The molecule has 1 aliphatic heterocycles. The van der Waals surface area contributed by atoms with Gasteiger partial charge in [0.15, 0.2) is 0 Å². The van der Waals surface area contributed by atoms with Crippen molar-refractivity contribution in [2.75, 3.05) is 7.11 Å². The molecular formula is C24H30ClNO4S. The molecular weight excluding hydrogens is 434 g/mol. The van der Waals surface area contributed by atoms with Crippen LogP contribution in [0.4, 0.5) is 0 Å². The van der Waals surface area contributed by atoms with Crippen LogP contribution in [0.3, 0.4) is 0 Å². The molecule has 5 nitrogen and oxygen atoms in total. The molecule has 2 aromatic carbocycles. The van der Waals surface area contributed by atoms with E-state index in [2.05, 4.69) is 0 Å². The van der Waals surface area contributed by atoms with Crippen molar-refractivity contribution in [3.05, 3.63) is 76.3 Å². The Morgan fingerprint density at radius 1 is 1.06 bits per heavy atom. The van der Waals surface area contributed by atoms with Gasteiger partial charge in [0, 0.05) is 11.1 Å². The maximum absolute atomic E-state index is 13.9. The molecule has 0 spiro atoms. The summed E-state index contributed by atoms with van der Waals surface area (Å²) in [5.74, 6) is -0.549. The van der Waals surface area contributed by atoms with E-state index in [1.165, 1.54) is 11.4 Å². The Morgan fingerprint density at radius 2 is 1.65 bits per heavy atom. The summed E-state index contributed by atoms with van der Waals surface area (Å²) >= 11 is 6.05. The normalized spacial score (nSPS) is 19.5. The summed E-state index contributed by atoms with van der Waals surface area (Å²) in [4.78, 5) is 12.9.